The van der Waals surface area contributed by atoms with Gasteiger partial charge in [0.05, 0.1) is 0 Å². The number of rotatable bonds is 2. The van der Waals surface area contributed by atoms with E-state index in [0.29, 0.717) is 0 Å². The lowest BCUT2D eigenvalue weighted by Gasteiger charge is -2.15. The van der Waals surface area contributed by atoms with Crippen molar-refractivity contribution in [3.8, 4) is 0 Å². The van der Waals surface area contributed by atoms with Crippen molar-refractivity contribution in [1.82, 2.24) is 0 Å². The van der Waals surface area contributed by atoms with E-state index in [4.69, 9.17) is 0 Å². The molecule has 0 saturated heterocycles. The highest BCUT2D eigenvalue weighted by atomic mass is 32.2. The monoisotopic (exact) mass is 142 g/mol. The molecule has 0 N–H and O–H groups in total. The SMILES string of the molecule is BC(SC)C1CCCC1. The van der Waals surface area contributed by atoms with Crippen LogP contribution in [0.1, 0.15) is 25.7 Å². The smallest absolute Gasteiger partial charge is 0.118 e. The van der Waals surface area contributed by atoms with Gasteiger partial charge in [-0.3, -0.25) is 0 Å². The molecule has 1 rings (SSSR count). The first kappa shape index (κ1) is 7.52. The Bertz CT molecular complexity index is 79.0. The summed E-state index contributed by atoms with van der Waals surface area (Å²) in [5, 5.41) is 0.910. The molecule has 0 bridgehead atoms. The van der Waals surface area contributed by atoms with Gasteiger partial charge in [0.1, 0.15) is 7.85 Å². The van der Waals surface area contributed by atoms with Gasteiger partial charge < -0.3 is 0 Å². The highest BCUT2D eigenvalue weighted by Crippen LogP contribution is 2.30. The molecule has 0 aromatic carbocycles. The molecular formula is C7H15BS. The molecule has 1 aliphatic carbocycles. The molecule has 1 fully saturated rings. The van der Waals surface area contributed by atoms with Crippen LogP contribution < -0.4 is 0 Å². The van der Waals surface area contributed by atoms with Gasteiger partial charge >= 0.3 is 0 Å². The van der Waals surface area contributed by atoms with Crippen molar-refractivity contribution in [3.05, 3.63) is 0 Å². The first-order chi connectivity index (χ1) is 4.34. The first-order valence-corrected chi connectivity index (χ1v) is 5.16. The van der Waals surface area contributed by atoms with E-state index in [9.17, 15) is 0 Å². The Morgan fingerprint density at radius 2 is 2.00 bits per heavy atom. The minimum absolute atomic E-state index is 0.910. The maximum Gasteiger partial charge on any atom is 0.118 e. The summed E-state index contributed by atoms with van der Waals surface area (Å²) in [6.45, 7) is 0. The van der Waals surface area contributed by atoms with Crippen LogP contribution in [0.4, 0.5) is 0 Å². The second kappa shape index (κ2) is 3.55. The van der Waals surface area contributed by atoms with Gasteiger partial charge in [-0.2, -0.15) is 11.8 Å². The van der Waals surface area contributed by atoms with Gasteiger partial charge in [0.25, 0.3) is 0 Å². The van der Waals surface area contributed by atoms with Crippen LogP contribution in [0.5, 0.6) is 0 Å². The van der Waals surface area contributed by atoms with Gasteiger partial charge in [-0.15, -0.1) is 0 Å². The molecular weight excluding hydrogens is 127 g/mol. The van der Waals surface area contributed by atoms with Crippen LogP contribution >= 0.6 is 11.8 Å². The molecule has 0 aliphatic heterocycles. The number of thioether (sulfide) groups is 1. The summed E-state index contributed by atoms with van der Waals surface area (Å²) in [5.74, 6) is 1.04. The Morgan fingerprint density at radius 3 is 2.44 bits per heavy atom. The van der Waals surface area contributed by atoms with E-state index in [-0.39, 0.29) is 0 Å². The van der Waals surface area contributed by atoms with Crippen LogP contribution in [0.15, 0.2) is 0 Å². The zero-order chi connectivity index (χ0) is 6.69. The molecule has 1 aliphatic rings. The van der Waals surface area contributed by atoms with Crippen LogP contribution in [-0.4, -0.2) is 19.3 Å². The van der Waals surface area contributed by atoms with Crippen molar-refractivity contribution in [2.75, 3.05) is 6.26 Å². The van der Waals surface area contributed by atoms with Crippen LogP contribution in [0, 0.1) is 5.92 Å². The van der Waals surface area contributed by atoms with Crippen molar-refractivity contribution in [2.24, 2.45) is 5.92 Å². The van der Waals surface area contributed by atoms with E-state index in [2.05, 4.69) is 14.1 Å². The fraction of sp³-hybridized carbons (Fsp3) is 1.00. The van der Waals surface area contributed by atoms with Crippen LogP contribution in [0.2, 0.25) is 0 Å². The van der Waals surface area contributed by atoms with Gasteiger partial charge in [0, 0.05) is 0 Å². The van der Waals surface area contributed by atoms with Gasteiger partial charge in [0.15, 0.2) is 0 Å². The van der Waals surface area contributed by atoms with E-state index >= 15 is 0 Å². The summed E-state index contributed by atoms with van der Waals surface area (Å²) in [7, 11) is 2.36. The lowest BCUT2D eigenvalue weighted by Crippen LogP contribution is -2.12. The maximum absolute atomic E-state index is 2.36. The first-order valence-electron chi connectivity index (χ1n) is 3.87. The molecule has 0 nitrogen and oxygen atoms in total. The molecule has 1 unspecified atom stereocenters. The largest absolute Gasteiger partial charge is 0.171 e. The molecule has 9 heavy (non-hydrogen) atoms. The Labute approximate surface area is 63.2 Å². The van der Waals surface area contributed by atoms with Gasteiger partial charge in [-0.1, -0.05) is 25.7 Å². The van der Waals surface area contributed by atoms with Crippen molar-refractivity contribution in [1.29, 1.82) is 0 Å². The van der Waals surface area contributed by atoms with Crippen molar-refractivity contribution >= 4 is 19.6 Å². The summed E-state index contributed by atoms with van der Waals surface area (Å²) in [5.41, 5.74) is 0. The van der Waals surface area contributed by atoms with Crippen molar-refractivity contribution < 1.29 is 0 Å². The third kappa shape index (κ3) is 1.92. The summed E-state index contributed by atoms with van der Waals surface area (Å²) in [6.07, 6.45) is 8.16. The van der Waals surface area contributed by atoms with Crippen molar-refractivity contribution in [3.63, 3.8) is 0 Å². The minimum Gasteiger partial charge on any atom is -0.171 e. The molecule has 0 aromatic heterocycles. The highest BCUT2D eigenvalue weighted by molar-refractivity contribution is 8.00. The lowest BCUT2D eigenvalue weighted by atomic mass is 9.89. The van der Waals surface area contributed by atoms with Gasteiger partial charge in [0.2, 0.25) is 0 Å². The Hall–Kier alpha value is 0.415. The molecule has 1 saturated carbocycles. The standard InChI is InChI=1S/C7H15BS/c1-9-7(8)6-4-2-3-5-6/h6-7H,2-5,8H2,1H3. The Kier molecular flexibility index (Phi) is 2.97. The molecule has 1 atom stereocenters. The lowest BCUT2D eigenvalue weighted by molar-refractivity contribution is 0.596. The number of hydrogen-bond donors (Lipinski definition) is 0. The topological polar surface area (TPSA) is 0 Å². The van der Waals surface area contributed by atoms with E-state index < -0.39 is 0 Å². The molecule has 0 heterocycles. The fourth-order valence-corrected chi connectivity index (χ4v) is 2.28. The predicted molar refractivity (Wildman–Crippen MR) is 47.8 cm³/mol. The van der Waals surface area contributed by atoms with Gasteiger partial charge in [-0.05, 0) is 17.3 Å². The average Bonchev–Trinajstić information content (AvgIpc) is 2.37. The summed E-state index contributed by atoms with van der Waals surface area (Å²) in [4.78, 5) is 0. The van der Waals surface area contributed by atoms with Crippen LogP contribution in [0.25, 0.3) is 0 Å². The van der Waals surface area contributed by atoms with Crippen LogP contribution in [-0.2, 0) is 0 Å². The second-order valence-electron chi connectivity index (χ2n) is 2.99. The zero-order valence-electron chi connectivity index (χ0n) is 6.39. The molecule has 52 valence electrons. The molecule has 0 amide bonds. The third-order valence-corrected chi connectivity index (χ3v) is 3.56. The molecule has 0 aromatic rings. The average molecular weight is 142 g/mol. The minimum atomic E-state index is 0.910. The Balaban J connectivity index is 2.24. The van der Waals surface area contributed by atoms with E-state index in [1.54, 1.807) is 0 Å². The predicted octanol–water partition coefficient (Wildman–Crippen LogP) is 1.50. The van der Waals surface area contributed by atoms with E-state index in [0.717, 1.165) is 11.1 Å². The summed E-state index contributed by atoms with van der Waals surface area (Å²) >= 11 is 2.02. The molecule has 0 radical (unpaired) electrons. The zero-order valence-corrected chi connectivity index (χ0v) is 7.21. The van der Waals surface area contributed by atoms with Gasteiger partial charge in [-0.25, -0.2) is 0 Å². The van der Waals surface area contributed by atoms with E-state index in [1.165, 1.54) is 25.7 Å². The Morgan fingerprint density at radius 1 is 1.44 bits per heavy atom. The summed E-state index contributed by atoms with van der Waals surface area (Å²) in [6, 6.07) is 0. The molecule has 0 spiro atoms. The summed E-state index contributed by atoms with van der Waals surface area (Å²) < 4.78 is 0. The normalized spacial score (nSPS) is 24.6. The maximum atomic E-state index is 2.36. The van der Waals surface area contributed by atoms with Crippen LogP contribution in [0.3, 0.4) is 0 Å². The number of hydrogen-bond acceptors (Lipinski definition) is 1. The quantitative estimate of drug-likeness (QED) is 0.526. The fourth-order valence-electron chi connectivity index (χ4n) is 1.62. The van der Waals surface area contributed by atoms with Crippen molar-refractivity contribution in [2.45, 2.75) is 30.8 Å². The highest BCUT2D eigenvalue weighted by Gasteiger charge is 2.19. The van der Waals surface area contributed by atoms with E-state index in [1.807, 2.05) is 11.8 Å². The second-order valence-corrected chi connectivity index (χ2v) is 4.20. The third-order valence-electron chi connectivity index (χ3n) is 2.44. The molecule has 2 heteroatoms.